The zero-order valence-corrected chi connectivity index (χ0v) is 40.0. The van der Waals surface area contributed by atoms with Crippen molar-refractivity contribution in [2.75, 3.05) is 19.8 Å². The second-order valence-electron chi connectivity index (χ2n) is 18.7. The van der Waals surface area contributed by atoms with Crippen LogP contribution in [-0.4, -0.2) is 140 Å². The first-order valence-corrected chi connectivity index (χ1v) is 25.9. The molecular formula is C50H95NO13. The highest BCUT2D eigenvalue weighted by molar-refractivity contribution is 5.76. The fourth-order valence-corrected chi connectivity index (χ4v) is 8.75. The quantitative estimate of drug-likeness (QED) is 0.0229. The summed E-state index contributed by atoms with van der Waals surface area (Å²) in [5.41, 5.74) is 0. The van der Waals surface area contributed by atoms with Gasteiger partial charge in [-0.25, -0.2) is 0 Å². The highest BCUT2D eigenvalue weighted by atomic mass is 16.7. The van der Waals surface area contributed by atoms with Gasteiger partial charge in [0.2, 0.25) is 5.91 Å². The van der Waals surface area contributed by atoms with Gasteiger partial charge in [-0.05, 0) is 19.3 Å². The third kappa shape index (κ3) is 24.7. The SMILES string of the molecule is CCCCCCCCCCCCCCCCCCCCCCCCCCCCC/C=C/C(O)C(COC1OC(CO)C(OC2OC(CO)C(O)C(O)C2O)C(O)C1O)NC(=O)CCC. The maximum absolute atomic E-state index is 12.5. The van der Waals surface area contributed by atoms with E-state index < -0.39 is 86.8 Å². The van der Waals surface area contributed by atoms with Crippen LogP contribution in [0, 0.1) is 0 Å². The number of rotatable bonds is 40. The zero-order valence-electron chi connectivity index (χ0n) is 40.0. The predicted molar refractivity (Wildman–Crippen MR) is 249 cm³/mol. The molecule has 14 nitrogen and oxygen atoms in total. The molecule has 1 amide bonds. The topological polar surface area (TPSA) is 228 Å². The number of allylic oxidation sites excluding steroid dienone is 1. The third-order valence-electron chi connectivity index (χ3n) is 12.9. The van der Waals surface area contributed by atoms with Crippen LogP contribution in [0.25, 0.3) is 0 Å². The lowest BCUT2D eigenvalue weighted by atomic mass is 9.97. The highest BCUT2D eigenvalue weighted by Gasteiger charge is 2.51. The van der Waals surface area contributed by atoms with Crippen molar-refractivity contribution >= 4 is 5.91 Å². The zero-order chi connectivity index (χ0) is 46.8. The first-order chi connectivity index (χ1) is 31.1. The Morgan fingerprint density at radius 3 is 1.41 bits per heavy atom. The second kappa shape index (κ2) is 37.7. The summed E-state index contributed by atoms with van der Waals surface area (Å²) >= 11 is 0. The predicted octanol–water partition coefficient (Wildman–Crippen LogP) is 6.77. The molecule has 0 saturated carbocycles. The van der Waals surface area contributed by atoms with Crippen molar-refractivity contribution in [1.29, 1.82) is 0 Å². The molecule has 12 atom stereocenters. The third-order valence-corrected chi connectivity index (χ3v) is 12.9. The first kappa shape index (κ1) is 58.9. The Bertz CT molecular complexity index is 1130. The van der Waals surface area contributed by atoms with Crippen LogP contribution in [0.1, 0.15) is 206 Å². The van der Waals surface area contributed by atoms with Crippen molar-refractivity contribution in [2.45, 2.75) is 280 Å². The van der Waals surface area contributed by atoms with Crippen molar-refractivity contribution in [3.63, 3.8) is 0 Å². The van der Waals surface area contributed by atoms with Gasteiger partial charge < -0.3 is 65.1 Å². The maximum Gasteiger partial charge on any atom is 0.220 e. The number of unbranched alkanes of at least 4 members (excludes halogenated alkanes) is 27. The monoisotopic (exact) mass is 918 g/mol. The fraction of sp³-hybridized carbons (Fsp3) is 0.940. The van der Waals surface area contributed by atoms with Gasteiger partial charge >= 0.3 is 0 Å². The molecule has 2 aliphatic heterocycles. The van der Waals surface area contributed by atoms with Gasteiger partial charge in [0.1, 0.15) is 48.8 Å². The molecule has 0 aromatic rings. The highest BCUT2D eigenvalue weighted by Crippen LogP contribution is 2.30. The summed E-state index contributed by atoms with van der Waals surface area (Å²) in [7, 11) is 0. The van der Waals surface area contributed by atoms with Crippen LogP contribution in [-0.2, 0) is 23.7 Å². The molecule has 2 aliphatic rings. The Morgan fingerprint density at radius 2 is 0.969 bits per heavy atom. The maximum atomic E-state index is 12.5. The lowest BCUT2D eigenvalue weighted by Crippen LogP contribution is -2.65. The molecule has 0 spiro atoms. The number of aliphatic hydroxyl groups is 8. The Balaban J connectivity index is 1.54. The lowest BCUT2D eigenvalue weighted by Gasteiger charge is -2.46. The minimum absolute atomic E-state index is 0.234. The average molecular weight is 918 g/mol. The smallest absolute Gasteiger partial charge is 0.220 e. The van der Waals surface area contributed by atoms with E-state index in [9.17, 15) is 45.6 Å². The fourth-order valence-electron chi connectivity index (χ4n) is 8.75. The summed E-state index contributed by atoms with van der Waals surface area (Å²) < 4.78 is 22.4. The summed E-state index contributed by atoms with van der Waals surface area (Å²) in [5.74, 6) is -0.291. The van der Waals surface area contributed by atoms with Gasteiger partial charge in [-0.1, -0.05) is 193 Å². The first-order valence-electron chi connectivity index (χ1n) is 25.9. The summed E-state index contributed by atoms with van der Waals surface area (Å²) in [6, 6.07) is -0.905. The van der Waals surface area contributed by atoms with E-state index in [4.69, 9.17) is 18.9 Å². The largest absolute Gasteiger partial charge is 0.394 e. The molecule has 2 fully saturated rings. The van der Waals surface area contributed by atoms with Crippen LogP contribution < -0.4 is 5.32 Å². The molecule has 2 heterocycles. The van der Waals surface area contributed by atoms with Gasteiger partial charge in [0.25, 0.3) is 0 Å². The molecule has 9 N–H and O–H groups in total. The minimum Gasteiger partial charge on any atom is -0.394 e. The minimum atomic E-state index is -1.78. The number of hydrogen-bond acceptors (Lipinski definition) is 13. The van der Waals surface area contributed by atoms with Crippen LogP contribution in [0.2, 0.25) is 0 Å². The van der Waals surface area contributed by atoms with Gasteiger partial charge in [0, 0.05) is 6.42 Å². The molecular weight excluding hydrogens is 823 g/mol. The van der Waals surface area contributed by atoms with E-state index in [2.05, 4.69) is 12.2 Å². The molecule has 2 saturated heterocycles. The Morgan fingerprint density at radius 1 is 0.547 bits per heavy atom. The molecule has 64 heavy (non-hydrogen) atoms. The van der Waals surface area contributed by atoms with Crippen molar-refractivity contribution in [1.82, 2.24) is 5.32 Å². The average Bonchev–Trinajstić information content (AvgIpc) is 3.29. The lowest BCUT2D eigenvalue weighted by molar-refractivity contribution is -0.359. The van der Waals surface area contributed by atoms with Crippen molar-refractivity contribution in [3.8, 4) is 0 Å². The van der Waals surface area contributed by atoms with Crippen LogP contribution in [0.5, 0.6) is 0 Å². The van der Waals surface area contributed by atoms with E-state index in [-0.39, 0.29) is 18.9 Å². The van der Waals surface area contributed by atoms with Gasteiger partial charge in [-0.3, -0.25) is 4.79 Å². The van der Waals surface area contributed by atoms with Crippen molar-refractivity contribution < 1.29 is 64.6 Å². The van der Waals surface area contributed by atoms with E-state index in [1.807, 2.05) is 13.0 Å². The van der Waals surface area contributed by atoms with Gasteiger partial charge in [-0.2, -0.15) is 0 Å². The van der Waals surface area contributed by atoms with Crippen LogP contribution in [0.4, 0.5) is 0 Å². The number of aliphatic hydroxyl groups excluding tert-OH is 8. The molecule has 378 valence electrons. The number of carbonyl (C=O) groups excluding carboxylic acids is 1. The molecule has 2 rings (SSSR count). The van der Waals surface area contributed by atoms with Crippen LogP contribution in [0.3, 0.4) is 0 Å². The summed E-state index contributed by atoms with van der Waals surface area (Å²) in [5, 5.41) is 85.7. The second-order valence-corrected chi connectivity index (χ2v) is 18.7. The van der Waals surface area contributed by atoms with Crippen molar-refractivity contribution in [3.05, 3.63) is 12.2 Å². The van der Waals surface area contributed by atoms with Crippen molar-refractivity contribution in [2.24, 2.45) is 0 Å². The number of ether oxygens (including phenoxy) is 4. The van der Waals surface area contributed by atoms with E-state index in [1.54, 1.807) is 6.08 Å². The number of nitrogens with one attached hydrogen (secondary N) is 1. The molecule has 12 unspecified atom stereocenters. The standard InChI is InChI=1S/C50H95NO13/c1-3-5-6-7-8-9-10-11-12-13-14-15-16-17-18-19-20-21-22-23-24-25-26-27-28-29-30-31-32-34-39(54)38(51-42(55)33-4-2)37-61-49-47(60)45(58)48(41(36-53)63-49)64-50-46(59)44(57)43(56)40(35-52)62-50/h32,34,38-41,43-50,52-54,56-60H,3-31,33,35-37H2,1-2H3,(H,51,55)/b34-32+. The van der Waals surface area contributed by atoms with Gasteiger partial charge in [0.15, 0.2) is 12.6 Å². The van der Waals surface area contributed by atoms with E-state index in [0.29, 0.717) is 6.42 Å². The van der Waals surface area contributed by atoms with E-state index in [1.165, 1.54) is 161 Å². The molecule has 0 aromatic heterocycles. The molecule has 0 bridgehead atoms. The Labute approximate surface area is 386 Å². The summed E-state index contributed by atoms with van der Waals surface area (Å²) in [6.07, 6.45) is 24.8. The summed E-state index contributed by atoms with van der Waals surface area (Å²) in [4.78, 5) is 12.5. The van der Waals surface area contributed by atoms with Crippen LogP contribution in [0.15, 0.2) is 12.2 Å². The molecule has 0 aromatic carbocycles. The van der Waals surface area contributed by atoms with E-state index in [0.717, 1.165) is 19.3 Å². The number of carbonyl (C=O) groups is 1. The summed E-state index contributed by atoms with van der Waals surface area (Å²) in [6.45, 7) is 2.43. The van der Waals surface area contributed by atoms with E-state index >= 15 is 0 Å². The Hall–Kier alpha value is -1.27. The number of amides is 1. The molecule has 14 heteroatoms. The number of hydrogen-bond donors (Lipinski definition) is 9. The molecule has 0 radical (unpaired) electrons. The normalized spacial score (nSPS) is 27.3. The van der Waals surface area contributed by atoms with Crippen LogP contribution >= 0.6 is 0 Å². The Kier molecular flexibility index (Phi) is 34.7. The van der Waals surface area contributed by atoms with Gasteiger partial charge in [-0.15, -0.1) is 0 Å². The molecule has 0 aliphatic carbocycles. The van der Waals surface area contributed by atoms with Gasteiger partial charge in [0.05, 0.1) is 32.0 Å².